The lowest BCUT2D eigenvalue weighted by Crippen LogP contribution is -2.04. The van der Waals surface area contributed by atoms with Gasteiger partial charge in [0.1, 0.15) is 0 Å². The van der Waals surface area contributed by atoms with E-state index in [1.165, 1.54) is 35.2 Å². The maximum Gasteiger partial charge on any atom is 0.416 e. The smallest absolute Gasteiger partial charge is 0.338 e. The molecular formula is C18H12F3N5OS2. The highest BCUT2D eigenvalue weighted by Gasteiger charge is 2.30. The van der Waals surface area contributed by atoms with Crippen molar-refractivity contribution in [3.8, 4) is 11.4 Å². The van der Waals surface area contributed by atoms with Gasteiger partial charge in [-0.15, -0.1) is 10.2 Å². The minimum absolute atomic E-state index is 0.234. The molecule has 11 heteroatoms. The number of halogens is 3. The summed E-state index contributed by atoms with van der Waals surface area (Å²) in [6, 6.07) is 14.2. The van der Waals surface area contributed by atoms with Crippen LogP contribution in [0.5, 0.6) is 0 Å². The highest BCUT2D eigenvalue weighted by molar-refractivity contribution is 8.00. The monoisotopic (exact) mass is 435 g/mol. The van der Waals surface area contributed by atoms with Gasteiger partial charge in [-0.05, 0) is 24.3 Å². The van der Waals surface area contributed by atoms with Gasteiger partial charge in [0.25, 0.3) is 0 Å². The highest BCUT2D eigenvalue weighted by atomic mass is 32.2. The topological polar surface area (TPSA) is 76.7 Å². The van der Waals surface area contributed by atoms with Gasteiger partial charge in [-0.25, -0.2) is 0 Å². The van der Waals surface area contributed by atoms with Crippen molar-refractivity contribution in [1.29, 1.82) is 0 Å². The zero-order chi connectivity index (χ0) is 20.3. The van der Waals surface area contributed by atoms with E-state index in [1.807, 2.05) is 30.3 Å². The molecule has 0 spiro atoms. The van der Waals surface area contributed by atoms with Crippen LogP contribution in [0.25, 0.3) is 11.4 Å². The Labute approximate surface area is 171 Å². The molecule has 0 saturated carbocycles. The Hall–Kier alpha value is -2.92. The summed E-state index contributed by atoms with van der Waals surface area (Å²) in [4.78, 5) is 4.22. The van der Waals surface area contributed by atoms with E-state index in [2.05, 4.69) is 25.7 Å². The second kappa shape index (κ2) is 8.21. The van der Waals surface area contributed by atoms with Crippen LogP contribution in [0.3, 0.4) is 0 Å². The molecule has 0 aliphatic carbocycles. The lowest BCUT2D eigenvalue weighted by atomic mass is 10.1. The number of thioether (sulfide) groups is 1. The van der Waals surface area contributed by atoms with Crippen molar-refractivity contribution in [2.45, 2.75) is 16.3 Å². The molecule has 0 atom stereocenters. The molecule has 0 saturated heterocycles. The van der Waals surface area contributed by atoms with E-state index in [9.17, 15) is 13.2 Å². The van der Waals surface area contributed by atoms with E-state index < -0.39 is 11.7 Å². The molecule has 2 heterocycles. The maximum absolute atomic E-state index is 12.6. The molecular weight excluding hydrogens is 423 g/mol. The summed E-state index contributed by atoms with van der Waals surface area (Å²) < 4.78 is 43.8. The SMILES string of the molecule is FC(F)(F)c1ccc(-c2noc(CSc3nnc(Nc4ccccc4)s3)n2)cc1. The van der Waals surface area contributed by atoms with Crippen molar-refractivity contribution in [3.05, 3.63) is 66.1 Å². The van der Waals surface area contributed by atoms with Crippen molar-refractivity contribution in [1.82, 2.24) is 20.3 Å². The van der Waals surface area contributed by atoms with Crippen molar-refractivity contribution in [2.75, 3.05) is 5.32 Å². The zero-order valence-corrected chi connectivity index (χ0v) is 16.2. The number of aromatic nitrogens is 4. The number of nitrogens with one attached hydrogen (secondary N) is 1. The van der Waals surface area contributed by atoms with Gasteiger partial charge in [-0.1, -0.05) is 58.6 Å². The van der Waals surface area contributed by atoms with Crippen LogP contribution in [0.1, 0.15) is 11.5 Å². The lowest BCUT2D eigenvalue weighted by molar-refractivity contribution is -0.137. The van der Waals surface area contributed by atoms with Crippen LogP contribution in [-0.4, -0.2) is 20.3 Å². The number of anilines is 2. The quantitative estimate of drug-likeness (QED) is 0.393. The molecule has 6 nitrogen and oxygen atoms in total. The number of hydrogen-bond acceptors (Lipinski definition) is 8. The molecule has 0 amide bonds. The predicted molar refractivity (Wildman–Crippen MR) is 104 cm³/mol. The average molecular weight is 435 g/mol. The van der Waals surface area contributed by atoms with E-state index in [-0.39, 0.29) is 5.82 Å². The molecule has 4 rings (SSSR count). The first-order valence-corrected chi connectivity index (χ1v) is 10.1. The average Bonchev–Trinajstić information content (AvgIpc) is 3.36. The number of hydrogen-bond donors (Lipinski definition) is 1. The summed E-state index contributed by atoms with van der Waals surface area (Å²) in [5.74, 6) is 0.948. The Balaban J connectivity index is 1.36. The first kappa shape index (κ1) is 19.4. The van der Waals surface area contributed by atoms with Crippen LogP contribution in [-0.2, 0) is 11.9 Å². The van der Waals surface area contributed by atoms with Crippen molar-refractivity contribution in [2.24, 2.45) is 0 Å². The fourth-order valence-electron chi connectivity index (χ4n) is 2.33. The van der Waals surface area contributed by atoms with Gasteiger partial charge in [0.15, 0.2) is 4.34 Å². The standard InChI is InChI=1S/C18H12F3N5OS2/c19-18(20,21)12-8-6-11(7-9-12)15-23-14(27-26-15)10-28-17-25-24-16(29-17)22-13-4-2-1-3-5-13/h1-9H,10H2,(H,22,24). The number of rotatable bonds is 6. The minimum atomic E-state index is -4.38. The Morgan fingerprint density at radius 2 is 1.76 bits per heavy atom. The summed E-state index contributed by atoms with van der Waals surface area (Å²) in [5, 5.41) is 15.8. The normalized spacial score (nSPS) is 11.6. The molecule has 0 unspecified atom stereocenters. The third-order valence-corrected chi connectivity index (χ3v) is 5.65. The molecule has 0 radical (unpaired) electrons. The van der Waals surface area contributed by atoms with Gasteiger partial charge >= 0.3 is 6.18 Å². The molecule has 29 heavy (non-hydrogen) atoms. The van der Waals surface area contributed by atoms with Crippen molar-refractivity contribution in [3.63, 3.8) is 0 Å². The Bertz CT molecular complexity index is 1080. The van der Waals surface area contributed by atoms with Crippen molar-refractivity contribution >= 4 is 33.9 Å². The van der Waals surface area contributed by atoms with Gasteiger partial charge in [-0.2, -0.15) is 18.2 Å². The van der Waals surface area contributed by atoms with E-state index in [4.69, 9.17) is 4.52 Å². The van der Waals surface area contributed by atoms with E-state index in [0.29, 0.717) is 22.3 Å². The molecule has 2 aromatic heterocycles. The van der Waals surface area contributed by atoms with Crippen LogP contribution in [0.4, 0.5) is 24.0 Å². The Morgan fingerprint density at radius 3 is 2.48 bits per heavy atom. The predicted octanol–water partition coefficient (Wildman–Crippen LogP) is 5.64. The summed E-state index contributed by atoms with van der Waals surface area (Å²) in [7, 11) is 0. The van der Waals surface area contributed by atoms with Crippen molar-refractivity contribution < 1.29 is 17.7 Å². The highest BCUT2D eigenvalue weighted by Crippen LogP contribution is 2.32. The van der Waals surface area contributed by atoms with Crippen LogP contribution < -0.4 is 5.32 Å². The van der Waals surface area contributed by atoms with E-state index >= 15 is 0 Å². The van der Waals surface area contributed by atoms with Gasteiger partial charge in [0.05, 0.1) is 11.3 Å². The Morgan fingerprint density at radius 1 is 1.00 bits per heavy atom. The lowest BCUT2D eigenvalue weighted by Gasteiger charge is -2.05. The van der Waals surface area contributed by atoms with Gasteiger partial charge in [0.2, 0.25) is 16.8 Å². The number of nitrogens with zero attached hydrogens (tertiary/aromatic N) is 4. The number of para-hydroxylation sites is 1. The second-order valence-electron chi connectivity index (χ2n) is 5.74. The first-order chi connectivity index (χ1) is 14.0. The second-order valence-corrected chi connectivity index (χ2v) is 7.94. The van der Waals surface area contributed by atoms with Gasteiger partial charge in [-0.3, -0.25) is 0 Å². The van der Waals surface area contributed by atoms with Crippen LogP contribution in [0, 0.1) is 0 Å². The van der Waals surface area contributed by atoms with E-state index in [1.54, 1.807) is 0 Å². The summed E-state index contributed by atoms with van der Waals surface area (Å²) >= 11 is 2.77. The maximum atomic E-state index is 12.6. The fraction of sp³-hybridized carbons (Fsp3) is 0.111. The molecule has 0 aliphatic heterocycles. The third kappa shape index (κ3) is 4.93. The molecule has 2 aromatic carbocycles. The molecule has 0 fully saturated rings. The molecule has 0 aliphatic rings. The summed E-state index contributed by atoms with van der Waals surface area (Å²) in [6.07, 6.45) is -4.38. The number of alkyl halides is 3. The summed E-state index contributed by atoms with van der Waals surface area (Å²) in [6.45, 7) is 0. The zero-order valence-electron chi connectivity index (χ0n) is 14.6. The molecule has 148 valence electrons. The van der Waals surface area contributed by atoms with Crippen LogP contribution in [0.2, 0.25) is 0 Å². The van der Waals surface area contributed by atoms with Crippen LogP contribution in [0.15, 0.2) is 63.5 Å². The van der Waals surface area contributed by atoms with E-state index in [0.717, 1.165) is 22.2 Å². The van der Waals surface area contributed by atoms with Gasteiger partial charge in [0, 0.05) is 11.3 Å². The number of benzene rings is 2. The molecule has 1 N–H and O–H groups in total. The summed E-state index contributed by atoms with van der Waals surface area (Å²) in [5.41, 5.74) is 0.637. The third-order valence-electron chi connectivity index (χ3n) is 3.69. The largest absolute Gasteiger partial charge is 0.416 e. The minimum Gasteiger partial charge on any atom is -0.338 e. The molecule has 0 bridgehead atoms. The fourth-order valence-corrected chi connectivity index (χ4v) is 3.94. The van der Waals surface area contributed by atoms with Crippen LogP contribution >= 0.6 is 23.1 Å². The Kier molecular flexibility index (Phi) is 5.49. The van der Waals surface area contributed by atoms with Gasteiger partial charge < -0.3 is 9.84 Å². The first-order valence-electron chi connectivity index (χ1n) is 8.26. The molecule has 4 aromatic rings.